The number of anilines is 1. The summed E-state index contributed by atoms with van der Waals surface area (Å²) in [6.45, 7) is 3.24. The zero-order valence-electron chi connectivity index (χ0n) is 12.8. The molecule has 1 N–H and O–H groups in total. The molecule has 0 radical (unpaired) electrons. The smallest absolute Gasteiger partial charge is 0.292 e. The average molecular weight is 293 g/mol. The topological polar surface area (TPSA) is 69.8 Å². The van der Waals surface area contributed by atoms with E-state index in [1.165, 1.54) is 6.07 Å². The minimum Gasteiger partial charge on any atom is -0.389 e. The van der Waals surface area contributed by atoms with Crippen LogP contribution in [0.5, 0.6) is 0 Å². The molecule has 6 heteroatoms. The average Bonchev–Trinajstić information content (AvgIpc) is 2.46. The summed E-state index contributed by atoms with van der Waals surface area (Å²) in [6, 6.07) is 5.43. The van der Waals surface area contributed by atoms with Gasteiger partial charge in [0.2, 0.25) is 0 Å². The van der Waals surface area contributed by atoms with Crippen LogP contribution < -0.4 is 4.90 Å². The third-order valence-electron chi connectivity index (χ3n) is 4.15. The van der Waals surface area contributed by atoms with Crippen molar-refractivity contribution in [3.05, 3.63) is 33.9 Å². The summed E-state index contributed by atoms with van der Waals surface area (Å²) in [4.78, 5) is 15.2. The molecule has 0 aromatic heterocycles. The Morgan fingerprint density at radius 2 is 2.19 bits per heavy atom. The molecular formula is C15H23N3O3. The monoisotopic (exact) mass is 293 g/mol. The Bertz CT molecular complexity index is 517. The standard InChI is InChI=1S/C15H23N3O3/c1-11(19)12-6-7-14(15(9-12)18(20)21)17-8-4-5-13(10-17)16(2)3/h6-7,9,11,13,19H,4-5,8,10H2,1-3H3. The molecule has 1 heterocycles. The van der Waals surface area contributed by atoms with Gasteiger partial charge in [-0.1, -0.05) is 6.07 Å². The molecule has 1 aromatic carbocycles. The van der Waals surface area contributed by atoms with Crippen LogP contribution >= 0.6 is 0 Å². The summed E-state index contributed by atoms with van der Waals surface area (Å²) >= 11 is 0. The molecule has 1 saturated heterocycles. The molecule has 1 aliphatic heterocycles. The highest BCUT2D eigenvalue weighted by molar-refractivity contribution is 5.65. The Balaban J connectivity index is 2.32. The molecule has 2 rings (SSSR count). The molecular weight excluding hydrogens is 270 g/mol. The summed E-state index contributed by atoms with van der Waals surface area (Å²) < 4.78 is 0. The normalized spacial score (nSPS) is 20.6. The lowest BCUT2D eigenvalue weighted by atomic mass is 10.0. The molecule has 2 atom stereocenters. The second-order valence-corrected chi connectivity index (χ2v) is 5.89. The van der Waals surface area contributed by atoms with E-state index >= 15 is 0 Å². The van der Waals surface area contributed by atoms with Gasteiger partial charge in [0.05, 0.1) is 11.0 Å². The lowest BCUT2D eigenvalue weighted by Crippen LogP contribution is -2.45. The molecule has 0 spiro atoms. The highest BCUT2D eigenvalue weighted by Gasteiger charge is 2.27. The van der Waals surface area contributed by atoms with Gasteiger partial charge in [0.1, 0.15) is 5.69 Å². The van der Waals surface area contributed by atoms with E-state index in [1.54, 1.807) is 19.1 Å². The van der Waals surface area contributed by atoms with E-state index in [1.807, 2.05) is 14.1 Å². The Hall–Kier alpha value is -1.66. The van der Waals surface area contributed by atoms with E-state index in [0.29, 0.717) is 17.3 Å². The molecule has 21 heavy (non-hydrogen) atoms. The fourth-order valence-electron chi connectivity index (χ4n) is 2.81. The predicted molar refractivity (Wildman–Crippen MR) is 82.7 cm³/mol. The molecule has 6 nitrogen and oxygen atoms in total. The van der Waals surface area contributed by atoms with Gasteiger partial charge in [-0.25, -0.2) is 0 Å². The Kier molecular flexibility index (Phi) is 4.80. The summed E-state index contributed by atoms with van der Waals surface area (Å²) in [5.41, 5.74) is 1.30. The largest absolute Gasteiger partial charge is 0.389 e. The van der Waals surface area contributed by atoms with Crippen LogP contribution in [0, 0.1) is 10.1 Å². The van der Waals surface area contributed by atoms with Crippen LogP contribution in [0.25, 0.3) is 0 Å². The molecule has 1 aromatic rings. The van der Waals surface area contributed by atoms with Crippen molar-refractivity contribution < 1.29 is 10.0 Å². The van der Waals surface area contributed by atoms with Crippen LogP contribution in [-0.4, -0.2) is 48.2 Å². The van der Waals surface area contributed by atoms with Gasteiger partial charge in [0, 0.05) is 25.2 Å². The molecule has 0 amide bonds. The molecule has 1 aliphatic rings. The number of benzene rings is 1. The van der Waals surface area contributed by atoms with Gasteiger partial charge < -0.3 is 14.9 Å². The first-order valence-corrected chi connectivity index (χ1v) is 7.28. The number of hydrogen-bond donors (Lipinski definition) is 1. The first-order chi connectivity index (χ1) is 9.90. The van der Waals surface area contributed by atoms with Crippen LogP contribution in [0.3, 0.4) is 0 Å². The van der Waals surface area contributed by atoms with Crippen molar-refractivity contribution in [2.45, 2.75) is 31.9 Å². The highest BCUT2D eigenvalue weighted by Crippen LogP contribution is 2.33. The zero-order valence-corrected chi connectivity index (χ0v) is 12.8. The minimum absolute atomic E-state index is 0.0767. The van der Waals surface area contributed by atoms with E-state index < -0.39 is 6.10 Å². The van der Waals surface area contributed by atoms with Crippen molar-refractivity contribution in [1.82, 2.24) is 4.90 Å². The van der Waals surface area contributed by atoms with E-state index in [2.05, 4.69) is 9.80 Å². The van der Waals surface area contributed by atoms with Gasteiger partial charge in [-0.15, -0.1) is 0 Å². The molecule has 116 valence electrons. The third-order valence-corrected chi connectivity index (χ3v) is 4.15. The van der Waals surface area contributed by atoms with Crippen molar-refractivity contribution >= 4 is 11.4 Å². The molecule has 0 bridgehead atoms. The number of likely N-dealkylation sites (N-methyl/N-ethyl adjacent to an activating group) is 1. The number of rotatable bonds is 4. The first-order valence-electron chi connectivity index (χ1n) is 7.28. The number of nitro groups is 1. The van der Waals surface area contributed by atoms with Crippen LogP contribution in [-0.2, 0) is 0 Å². The quantitative estimate of drug-likeness (QED) is 0.680. The molecule has 2 unspecified atom stereocenters. The van der Waals surface area contributed by atoms with E-state index in [9.17, 15) is 15.2 Å². The van der Waals surface area contributed by atoms with E-state index in [4.69, 9.17) is 0 Å². The Morgan fingerprint density at radius 3 is 2.76 bits per heavy atom. The van der Waals surface area contributed by atoms with Gasteiger partial charge in [-0.3, -0.25) is 10.1 Å². The third kappa shape index (κ3) is 3.51. The minimum atomic E-state index is -0.700. The van der Waals surface area contributed by atoms with Gasteiger partial charge >= 0.3 is 0 Å². The van der Waals surface area contributed by atoms with Crippen molar-refractivity contribution in [2.75, 3.05) is 32.1 Å². The lowest BCUT2D eigenvalue weighted by molar-refractivity contribution is -0.384. The van der Waals surface area contributed by atoms with Gasteiger partial charge in [0.15, 0.2) is 0 Å². The first kappa shape index (κ1) is 15.7. The fraction of sp³-hybridized carbons (Fsp3) is 0.600. The van der Waals surface area contributed by atoms with Crippen molar-refractivity contribution in [3.63, 3.8) is 0 Å². The van der Waals surface area contributed by atoms with Gasteiger partial charge in [-0.05, 0) is 45.5 Å². The molecule has 0 aliphatic carbocycles. The number of aliphatic hydroxyl groups excluding tert-OH is 1. The number of hydrogen-bond acceptors (Lipinski definition) is 5. The van der Waals surface area contributed by atoms with Crippen molar-refractivity contribution in [3.8, 4) is 0 Å². The SMILES string of the molecule is CC(O)c1ccc(N2CCCC(N(C)C)C2)c([N+](=O)[O-])c1. The number of nitrogens with zero attached hydrogens (tertiary/aromatic N) is 3. The molecule has 0 saturated carbocycles. The second-order valence-electron chi connectivity index (χ2n) is 5.89. The van der Waals surface area contributed by atoms with E-state index in [-0.39, 0.29) is 10.6 Å². The van der Waals surface area contributed by atoms with Crippen LogP contribution in [0.2, 0.25) is 0 Å². The Morgan fingerprint density at radius 1 is 1.48 bits per heavy atom. The van der Waals surface area contributed by atoms with E-state index in [0.717, 1.165) is 25.9 Å². The Labute approximate surface area is 125 Å². The summed E-state index contributed by atoms with van der Waals surface area (Å²) in [5, 5.41) is 20.9. The summed E-state index contributed by atoms with van der Waals surface area (Å²) in [6.07, 6.45) is 1.44. The van der Waals surface area contributed by atoms with Crippen LogP contribution in [0.4, 0.5) is 11.4 Å². The summed E-state index contributed by atoms with van der Waals surface area (Å²) in [7, 11) is 4.08. The maximum atomic E-state index is 11.3. The predicted octanol–water partition coefficient (Wildman–Crippen LogP) is 2.18. The fourth-order valence-corrected chi connectivity index (χ4v) is 2.81. The lowest BCUT2D eigenvalue weighted by Gasteiger charge is -2.37. The maximum absolute atomic E-state index is 11.3. The van der Waals surface area contributed by atoms with Crippen molar-refractivity contribution in [1.29, 1.82) is 0 Å². The highest BCUT2D eigenvalue weighted by atomic mass is 16.6. The van der Waals surface area contributed by atoms with Crippen LogP contribution in [0.15, 0.2) is 18.2 Å². The number of nitro benzene ring substituents is 1. The number of piperidine rings is 1. The van der Waals surface area contributed by atoms with Gasteiger partial charge in [0.25, 0.3) is 5.69 Å². The van der Waals surface area contributed by atoms with Crippen molar-refractivity contribution in [2.24, 2.45) is 0 Å². The summed E-state index contributed by atoms with van der Waals surface area (Å²) in [5.74, 6) is 0. The second kappa shape index (κ2) is 6.41. The molecule has 1 fully saturated rings. The van der Waals surface area contributed by atoms with Gasteiger partial charge in [-0.2, -0.15) is 0 Å². The van der Waals surface area contributed by atoms with Crippen LogP contribution in [0.1, 0.15) is 31.4 Å². The maximum Gasteiger partial charge on any atom is 0.292 e. The zero-order chi connectivity index (χ0) is 15.6. The number of aliphatic hydroxyl groups is 1.